The lowest BCUT2D eigenvalue weighted by Gasteiger charge is -2.18. The maximum Gasteiger partial charge on any atom is 0.207 e. The summed E-state index contributed by atoms with van der Waals surface area (Å²) in [6.07, 6.45) is 0. The van der Waals surface area contributed by atoms with E-state index in [1.165, 1.54) is 0 Å². The van der Waals surface area contributed by atoms with Gasteiger partial charge in [0.05, 0.1) is 20.8 Å². The largest absolute Gasteiger partial charge is 0.292 e. The van der Waals surface area contributed by atoms with Crippen molar-refractivity contribution >= 4 is 20.9 Å². The van der Waals surface area contributed by atoms with Crippen LogP contribution in [0.15, 0.2) is 180 Å². The molecule has 228 valence electrons. The summed E-state index contributed by atoms with van der Waals surface area (Å²) in [5.41, 5.74) is 10.8. The third-order valence-electron chi connectivity index (χ3n) is 9.22. The van der Waals surface area contributed by atoms with Crippen LogP contribution in [0, 0.1) is 0 Å². The van der Waals surface area contributed by atoms with Crippen molar-refractivity contribution in [1.29, 1.82) is 0 Å². The zero-order valence-corrected chi connectivity index (χ0v) is 26.6. The molecule has 1 aliphatic heterocycles. The summed E-state index contributed by atoms with van der Waals surface area (Å²) in [6, 6.07) is 55.8. The Hall–Kier alpha value is -6.04. The van der Waals surface area contributed by atoms with E-state index < -0.39 is 9.84 Å². The molecule has 0 saturated carbocycles. The Kier molecular flexibility index (Phi) is 6.49. The second-order valence-corrected chi connectivity index (χ2v) is 13.8. The molecule has 5 heteroatoms. The van der Waals surface area contributed by atoms with Crippen molar-refractivity contribution in [3.63, 3.8) is 0 Å². The minimum atomic E-state index is -3.96. The normalized spacial score (nSPS) is 12.9. The summed E-state index contributed by atoms with van der Waals surface area (Å²) in [6.45, 7) is 0. The van der Waals surface area contributed by atoms with Crippen molar-refractivity contribution in [2.24, 2.45) is 0 Å². The van der Waals surface area contributed by atoms with Crippen LogP contribution in [0.5, 0.6) is 0 Å². The number of imidazole rings is 1. The van der Waals surface area contributed by atoms with Gasteiger partial charge in [0.2, 0.25) is 9.84 Å². The van der Waals surface area contributed by atoms with Crippen LogP contribution in [0.1, 0.15) is 0 Å². The van der Waals surface area contributed by atoms with E-state index in [4.69, 9.17) is 4.98 Å². The summed E-state index contributed by atoms with van der Waals surface area (Å²) < 4.78 is 31.8. The number of nitrogens with zero attached hydrogens (tertiary/aromatic N) is 2. The molecule has 4 nitrogen and oxygen atoms in total. The highest BCUT2D eigenvalue weighted by atomic mass is 32.2. The van der Waals surface area contributed by atoms with Gasteiger partial charge in [-0.1, -0.05) is 127 Å². The van der Waals surface area contributed by atoms with Crippen molar-refractivity contribution in [3.8, 4) is 61.6 Å². The van der Waals surface area contributed by atoms with Crippen LogP contribution in [0.2, 0.25) is 0 Å². The molecule has 0 spiro atoms. The van der Waals surface area contributed by atoms with E-state index in [9.17, 15) is 8.42 Å². The van der Waals surface area contributed by atoms with Crippen molar-refractivity contribution in [3.05, 3.63) is 170 Å². The fraction of sp³-hybridized carbons (Fsp3) is 0. The molecular formula is C43H28N2O2S. The first-order valence-electron chi connectivity index (χ1n) is 15.9. The third-order valence-corrected chi connectivity index (χ3v) is 11.1. The Labute approximate surface area is 279 Å². The van der Waals surface area contributed by atoms with E-state index in [0.29, 0.717) is 11.1 Å². The van der Waals surface area contributed by atoms with Crippen molar-refractivity contribution in [1.82, 2.24) is 9.55 Å². The first-order chi connectivity index (χ1) is 23.6. The first-order valence-corrected chi connectivity index (χ1v) is 17.4. The van der Waals surface area contributed by atoms with Gasteiger partial charge in [0.15, 0.2) is 0 Å². The maximum atomic E-state index is 14.8. The second kappa shape index (κ2) is 11.0. The maximum absolute atomic E-state index is 14.8. The highest BCUT2D eigenvalue weighted by molar-refractivity contribution is 7.91. The van der Waals surface area contributed by atoms with E-state index in [1.54, 1.807) is 24.3 Å². The number of hydrogen-bond acceptors (Lipinski definition) is 3. The van der Waals surface area contributed by atoms with E-state index in [2.05, 4.69) is 59.2 Å². The first kappa shape index (κ1) is 28.2. The van der Waals surface area contributed by atoms with Gasteiger partial charge in [0.25, 0.3) is 0 Å². The average molecular weight is 637 g/mol. The van der Waals surface area contributed by atoms with Gasteiger partial charge in [-0.05, 0) is 75.8 Å². The molecule has 2 heterocycles. The van der Waals surface area contributed by atoms with Crippen LogP contribution in [0.25, 0.3) is 72.6 Å². The molecule has 0 aliphatic carbocycles. The van der Waals surface area contributed by atoms with Gasteiger partial charge in [-0.2, -0.15) is 0 Å². The van der Waals surface area contributed by atoms with Crippen molar-refractivity contribution < 1.29 is 8.42 Å². The molecule has 9 rings (SSSR count). The number of para-hydroxylation sites is 3. The van der Waals surface area contributed by atoms with Gasteiger partial charge >= 0.3 is 0 Å². The van der Waals surface area contributed by atoms with E-state index in [1.807, 2.05) is 91.0 Å². The van der Waals surface area contributed by atoms with Gasteiger partial charge in [-0.25, -0.2) is 13.4 Å². The van der Waals surface area contributed by atoms with Crippen LogP contribution in [0.4, 0.5) is 0 Å². The molecule has 0 bridgehead atoms. The molecular weight excluding hydrogens is 609 g/mol. The predicted molar refractivity (Wildman–Crippen MR) is 194 cm³/mol. The highest BCUT2D eigenvalue weighted by Crippen LogP contribution is 2.47. The predicted octanol–water partition coefficient (Wildman–Crippen LogP) is 10.5. The summed E-state index contributed by atoms with van der Waals surface area (Å²) >= 11 is 0. The van der Waals surface area contributed by atoms with Gasteiger partial charge in [-0.3, -0.25) is 4.57 Å². The Morgan fingerprint density at radius 1 is 0.417 bits per heavy atom. The molecule has 1 aromatic heterocycles. The second-order valence-electron chi connectivity index (χ2n) is 11.9. The standard InChI is InChI=1S/C43H28N2O2S/c46-48(47)41-24-12-8-20-36(41)34-19-7-6-17-32(34)31-16-4-5-18-33(31)35-27-26-29(28-38(35)37-21-9-13-25-42(37)48)43-44-39-22-10-11-23-40(39)45(43)30-14-2-1-3-15-30/h1-28H. The van der Waals surface area contributed by atoms with Crippen molar-refractivity contribution in [2.75, 3.05) is 0 Å². The molecule has 8 aromatic rings. The van der Waals surface area contributed by atoms with Crippen LogP contribution >= 0.6 is 0 Å². The summed E-state index contributed by atoms with van der Waals surface area (Å²) in [7, 11) is -3.96. The van der Waals surface area contributed by atoms with Gasteiger partial charge in [0, 0.05) is 22.4 Å². The van der Waals surface area contributed by atoms with Gasteiger partial charge in [0.1, 0.15) is 5.82 Å². The van der Waals surface area contributed by atoms with Gasteiger partial charge < -0.3 is 0 Å². The van der Waals surface area contributed by atoms with Crippen LogP contribution < -0.4 is 0 Å². The molecule has 0 fully saturated rings. The summed E-state index contributed by atoms with van der Waals surface area (Å²) in [5.74, 6) is 0.781. The lowest BCUT2D eigenvalue weighted by atomic mass is 9.86. The van der Waals surface area contributed by atoms with E-state index in [-0.39, 0.29) is 9.79 Å². The molecule has 0 saturated heterocycles. The number of sulfone groups is 1. The average Bonchev–Trinajstić information content (AvgIpc) is 3.54. The molecule has 0 N–H and O–H groups in total. The Morgan fingerprint density at radius 3 is 1.50 bits per heavy atom. The molecule has 0 atom stereocenters. The minimum absolute atomic E-state index is 0.268. The minimum Gasteiger partial charge on any atom is -0.292 e. The van der Waals surface area contributed by atoms with Crippen LogP contribution in [-0.2, 0) is 9.84 Å². The number of benzene rings is 7. The lowest BCUT2D eigenvalue weighted by Crippen LogP contribution is -2.06. The van der Waals surface area contributed by atoms with Gasteiger partial charge in [-0.15, -0.1) is 0 Å². The van der Waals surface area contributed by atoms with Crippen LogP contribution in [-0.4, -0.2) is 18.0 Å². The highest BCUT2D eigenvalue weighted by Gasteiger charge is 2.29. The molecule has 1 aliphatic rings. The Bertz CT molecular complexity index is 2640. The quantitative estimate of drug-likeness (QED) is 0.190. The topological polar surface area (TPSA) is 52.0 Å². The number of fused-ring (bicyclic) bond motifs is 10. The summed E-state index contributed by atoms with van der Waals surface area (Å²) in [4.78, 5) is 5.68. The molecule has 0 amide bonds. The Morgan fingerprint density at radius 2 is 0.875 bits per heavy atom. The summed E-state index contributed by atoms with van der Waals surface area (Å²) in [5, 5.41) is 0. The zero-order chi connectivity index (χ0) is 32.2. The molecule has 0 radical (unpaired) electrons. The molecule has 0 unspecified atom stereocenters. The van der Waals surface area contributed by atoms with E-state index >= 15 is 0 Å². The zero-order valence-electron chi connectivity index (χ0n) is 25.8. The smallest absolute Gasteiger partial charge is 0.207 e. The number of rotatable bonds is 2. The molecule has 48 heavy (non-hydrogen) atoms. The van der Waals surface area contributed by atoms with E-state index in [0.717, 1.165) is 61.5 Å². The Balaban J connectivity index is 1.41. The third kappa shape index (κ3) is 4.36. The fourth-order valence-electron chi connectivity index (χ4n) is 7.07. The monoisotopic (exact) mass is 636 g/mol. The molecule has 7 aromatic carbocycles. The lowest BCUT2D eigenvalue weighted by molar-refractivity contribution is 0.596. The SMILES string of the molecule is O=S1(=O)c2ccccc2-c2ccccc2-c2ccccc2-c2ccc(-c3nc4ccccc4n3-c3ccccc3)cc2-c2ccccc21. The number of aromatic nitrogens is 2. The van der Waals surface area contributed by atoms with Crippen LogP contribution in [0.3, 0.4) is 0 Å². The van der Waals surface area contributed by atoms with Crippen molar-refractivity contribution in [2.45, 2.75) is 9.79 Å². The number of hydrogen-bond donors (Lipinski definition) is 0. The fourth-order valence-corrected chi connectivity index (χ4v) is 8.76.